The first-order valence-corrected chi connectivity index (χ1v) is 6.45. The molecule has 0 amide bonds. The largest absolute Gasteiger partial charge is 0.375 e. The van der Waals surface area contributed by atoms with E-state index in [0.29, 0.717) is 17.7 Å². The minimum atomic E-state index is 0. The predicted octanol–water partition coefficient (Wildman–Crippen LogP) is 2.93. The molecule has 0 saturated carbocycles. The lowest BCUT2D eigenvalue weighted by Gasteiger charge is -2.11. The van der Waals surface area contributed by atoms with E-state index in [1.165, 1.54) is 15.8 Å². The Morgan fingerprint density at radius 3 is 3.00 bits per heavy atom. The molecule has 1 atom stereocenters. The van der Waals surface area contributed by atoms with Gasteiger partial charge in [0.15, 0.2) is 5.13 Å². The third-order valence-electron chi connectivity index (χ3n) is 3.19. The van der Waals surface area contributed by atoms with Crippen molar-refractivity contribution in [2.45, 2.75) is 18.9 Å². The molecule has 0 spiro atoms. The van der Waals surface area contributed by atoms with Crippen molar-refractivity contribution in [2.24, 2.45) is 0 Å². The molecule has 3 nitrogen and oxygen atoms in total. The fourth-order valence-corrected chi connectivity index (χ4v) is 3.22. The van der Waals surface area contributed by atoms with E-state index in [0.717, 1.165) is 18.4 Å². The first-order valence-electron chi connectivity index (χ1n) is 5.63. The molecule has 0 bridgehead atoms. The van der Waals surface area contributed by atoms with Crippen molar-refractivity contribution in [1.29, 1.82) is 0 Å². The smallest absolute Gasteiger partial charge is 0.181 e. The van der Waals surface area contributed by atoms with E-state index in [1.807, 2.05) is 0 Å². The van der Waals surface area contributed by atoms with Crippen molar-refractivity contribution in [3.8, 4) is 12.3 Å². The van der Waals surface area contributed by atoms with E-state index in [-0.39, 0.29) is 24.8 Å². The van der Waals surface area contributed by atoms with Crippen LogP contribution in [0.1, 0.15) is 23.6 Å². The molecule has 0 saturated heterocycles. The molecule has 3 N–H and O–H groups in total. The van der Waals surface area contributed by atoms with Crippen molar-refractivity contribution < 1.29 is 0 Å². The summed E-state index contributed by atoms with van der Waals surface area (Å²) in [6, 6.07) is 4.74. The van der Waals surface area contributed by atoms with E-state index in [2.05, 4.69) is 28.4 Å². The van der Waals surface area contributed by atoms with E-state index in [9.17, 15) is 0 Å². The lowest BCUT2D eigenvalue weighted by molar-refractivity contribution is 0.568. The molecule has 102 valence electrons. The van der Waals surface area contributed by atoms with Crippen molar-refractivity contribution in [2.75, 3.05) is 12.3 Å². The summed E-state index contributed by atoms with van der Waals surface area (Å²) in [6.07, 6.45) is 7.50. The number of benzene rings is 1. The molecule has 2 aromatic rings. The zero-order valence-corrected chi connectivity index (χ0v) is 12.6. The summed E-state index contributed by atoms with van der Waals surface area (Å²) >= 11 is 1.55. The van der Waals surface area contributed by atoms with Crippen LogP contribution >= 0.6 is 36.2 Å². The number of nitrogens with one attached hydrogen (secondary N) is 1. The second kappa shape index (κ2) is 6.44. The van der Waals surface area contributed by atoms with Crippen LogP contribution in [0.5, 0.6) is 0 Å². The van der Waals surface area contributed by atoms with Crippen molar-refractivity contribution in [3.05, 3.63) is 23.3 Å². The van der Waals surface area contributed by atoms with Crippen LogP contribution in [-0.4, -0.2) is 11.5 Å². The molecule has 1 aliphatic rings. The highest BCUT2D eigenvalue weighted by atomic mass is 35.5. The number of hydrogen-bond acceptors (Lipinski definition) is 4. The van der Waals surface area contributed by atoms with Gasteiger partial charge in [0.05, 0.1) is 16.8 Å². The molecule has 3 rings (SSSR count). The first kappa shape index (κ1) is 16.1. The van der Waals surface area contributed by atoms with E-state index >= 15 is 0 Å². The maximum absolute atomic E-state index is 5.73. The number of aromatic nitrogens is 1. The Morgan fingerprint density at radius 1 is 1.47 bits per heavy atom. The molecule has 1 unspecified atom stereocenters. The predicted molar refractivity (Wildman–Crippen MR) is 86.4 cm³/mol. The van der Waals surface area contributed by atoms with Gasteiger partial charge in [-0.1, -0.05) is 17.3 Å². The van der Waals surface area contributed by atoms with E-state index < -0.39 is 0 Å². The molecule has 0 aliphatic heterocycles. The molecule has 1 aliphatic carbocycles. The fraction of sp³-hybridized carbons (Fsp3) is 0.308. The van der Waals surface area contributed by atoms with Crippen LogP contribution in [0.15, 0.2) is 12.1 Å². The first-order chi connectivity index (χ1) is 8.28. The van der Waals surface area contributed by atoms with Gasteiger partial charge in [0.2, 0.25) is 0 Å². The number of aryl methyl sites for hydroxylation is 1. The van der Waals surface area contributed by atoms with Crippen LogP contribution in [0.3, 0.4) is 0 Å². The minimum Gasteiger partial charge on any atom is -0.375 e. The zero-order valence-electron chi connectivity index (χ0n) is 10.2. The molecular weight excluding hydrogens is 301 g/mol. The Balaban J connectivity index is 0.000000902. The van der Waals surface area contributed by atoms with Crippen LogP contribution < -0.4 is 11.1 Å². The summed E-state index contributed by atoms with van der Waals surface area (Å²) in [6.45, 7) is 0.612. The van der Waals surface area contributed by atoms with Gasteiger partial charge < -0.3 is 5.73 Å². The second-order valence-electron chi connectivity index (χ2n) is 4.25. The average Bonchev–Trinajstić information content (AvgIpc) is 2.85. The highest BCUT2D eigenvalue weighted by Crippen LogP contribution is 2.36. The Hall–Kier alpha value is -0.990. The summed E-state index contributed by atoms with van der Waals surface area (Å²) in [5.41, 5.74) is 9.46. The zero-order chi connectivity index (χ0) is 11.8. The molecule has 19 heavy (non-hydrogen) atoms. The quantitative estimate of drug-likeness (QED) is 0.838. The topological polar surface area (TPSA) is 50.9 Å². The van der Waals surface area contributed by atoms with Gasteiger partial charge in [0.1, 0.15) is 0 Å². The molecule has 1 aromatic carbocycles. The number of fused-ring (bicyclic) bond motifs is 2. The van der Waals surface area contributed by atoms with Crippen molar-refractivity contribution in [3.63, 3.8) is 0 Å². The molecule has 1 aromatic heterocycles. The molecule has 0 radical (unpaired) electrons. The van der Waals surface area contributed by atoms with Gasteiger partial charge in [-0.2, -0.15) is 0 Å². The van der Waals surface area contributed by atoms with Gasteiger partial charge in [-0.15, -0.1) is 31.2 Å². The summed E-state index contributed by atoms with van der Waals surface area (Å²) in [5.74, 6) is 2.62. The van der Waals surface area contributed by atoms with Gasteiger partial charge in [-0.05, 0) is 36.1 Å². The number of hydrogen-bond donors (Lipinski definition) is 2. The van der Waals surface area contributed by atoms with Gasteiger partial charge in [-0.25, -0.2) is 4.98 Å². The molecule has 6 heteroatoms. The van der Waals surface area contributed by atoms with Crippen LogP contribution in [0.4, 0.5) is 5.13 Å². The maximum Gasteiger partial charge on any atom is 0.181 e. The van der Waals surface area contributed by atoms with Gasteiger partial charge >= 0.3 is 0 Å². The normalized spacial score (nSPS) is 16.3. The Bertz CT molecular complexity index is 618. The molecule has 0 fully saturated rings. The summed E-state index contributed by atoms with van der Waals surface area (Å²) < 4.78 is 1.18. The van der Waals surface area contributed by atoms with E-state index in [4.69, 9.17) is 12.2 Å². The van der Waals surface area contributed by atoms with Gasteiger partial charge in [0.25, 0.3) is 0 Å². The van der Waals surface area contributed by atoms with Crippen LogP contribution in [0.2, 0.25) is 0 Å². The Kier molecular flexibility index (Phi) is 5.45. The number of rotatable bonds is 2. The number of nitrogen functional groups attached to an aromatic ring is 1. The number of terminal acetylenes is 1. The highest BCUT2D eigenvalue weighted by Gasteiger charge is 2.22. The van der Waals surface area contributed by atoms with Crippen LogP contribution in [-0.2, 0) is 6.42 Å². The third-order valence-corrected chi connectivity index (χ3v) is 4.04. The number of thiazole rings is 1. The Labute approximate surface area is 128 Å². The highest BCUT2D eigenvalue weighted by molar-refractivity contribution is 7.22. The standard InChI is InChI=1S/C13H13N3S.2ClH/c1-2-5-15-10-4-3-8-6-12-11(7-9(8)10)16-13(14)17-12;;/h1,6-7,10,15H,3-5H2,(H2,14,16);2*1H. The van der Waals surface area contributed by atoms with Gasteiger partial charge in [0, 0.05) is 6.04 Å². The summed E-state index contributed by atoms with van der Waals surface area (Å²) in [4.78, 5) is 4.33. The SMILES string of the molecule is C#CCNC1CCc2cc3sc(N)nc3cc21.Cl.Cl. The number of anilines is 1. The lowest BCUT2D eigenvalue weighted by Crippen LogP contribution is -2.19. The average molecular weight is 316 g/mol. The van der Waals surface area contributed by atoms with E-state index in [1.54, 1.807) is 11.3 Å². The third kappa shape index (κ3) is 2.96. The number of nitrogens with zero attached hydrogens (tertiary/aromatic N) is 1. The molecular formula is C13H15Cl2N3S. The monoisotopic (exact) mass is 315 g/mol. The summed E-state index contributed by atoms with van der Waals surface area (Å²) in [7, 11) is 0. The maximum atomic E-state index is 5.73. The van der Waals surface area contributed by atoms with Crippen molar-refractivity contribution in [1.82, 2.24) is 10.3 Å². The molecule has 1 heterocycles. The lowest BCUT2D eigenvalue weighted by atomic mass is 10.1. The van der Waals surface area contributed by atoms with Crippen LogP contribution in [0.25, 0.3) is 10.2 Å². The summed E-state index contributed by atoms with van der Waals surface area (Å²) in [5, 5.41) is 4.00. The van der Waals surface area contributed by atoms with Gasteiger partial charge in [-0.3, -0.25) is 5.32 Å². The number of nitrogens with two attached hydrogens (primary N) is 1. The fourth-order valence-electron chi connectivity index (χ4n) is 2.44. The minimum absolute atomic E-state index is 0. The second-order valence-corrected chi connectivity index (χ2v) is 5.31. The Morgan fingerprint density at radius 2 is 2.26 bits per heavy atom. The van der Waals surface area contributed by atoms with Crippen molar-refractivity contribution >= 4 is 51.5 Å². The number of halogens is 2. The van der Waals surface area contributed by atoms with Crippen LogP contribution in [0, 0.1) is 12.3 Å².